The molecule has 1 atom stereocenters. The molecule has 1 rings (SSSR count). The van der Waals surface area contributed by atoms with E-state index in [9.17, 15) is 4.79 Å². The fourth-order valence-electron chi connectivity index (χ4n) is 1.49. The Balaban J connectivity index is 2.59. The molecule has 1 amide bonds. The van der Waals surface area contributed by atoms with Crippen LogP contribution in [-0.4, -0.2) is 51.4 Å². The zero-order chi connectivity index (χ0) is 13.4. The number of nitrogens with one attached hydrogen (secondary N) is 2. The number of carbonyl (C=O) groups excluding carboxylic acids is 1. The van der Waals surface area contributed by atoms with Gasteiger partial charge in [0.25, 0.3) is 5.91 Å². The Morgan fingerprint density at radius 3 is 2.89 bits per heavy atom. The molecule has 0 spiro atoms. The third-order valence-electron chi connectivity index (χ3n) is 2.51. The molecule has 0 radical (unpaired) electrons. The van der Waals surface area contributed by atoms with Crippen LogP contribution in [0.15, 0.2) is 18.5 Å². The van der Waals surface area contributed by atoms with Crippen molar-refractivity contribution < 1.29 is 14.3 Å². The highest BCUT2D eigenvalue weighted by Crippen LogP contribution is 2.11. The molecular weight excluding hydrogens is 234 g/mol. The lowest BCUT2D eigenvalue weighted by Gasteiger charge is -2.15. The van der Waals surface area contributed by atoms with E-state index in [0.29, 0.717) is 24.4 Å². The summed E-state index contributed by atoms with van der Waals surface area (Å²) in [6.45, 7) is 0.834. The van der Waals surface area contributed by atoms with Gasteiger partial charge in [-0.05, 0) is 6.07 Å². The number of carbonyl (C=O) groups is 1. The second-order valence-electron chi connectivity index (χ2n) is 3.69. The number of rotatable bonds is 7. The molecule has 6 nitrogen and oxygen atoms in total. The lowest BCUT2D eigenvalue weighted by atomic mass is 10.2. The molecule has 0 fully saturated rings. The van der Waals surface area contributed by atoms with Gasteiger partial charge in [0.2, 0.25) is 0 Å². The minimum atomic E-state index is -0.167. The number of hydrogen-bond acceptors (Lipinski definition) is 5. The SMILES string of the molecule is CNc1cnccc1C(=O)NCC(COC)OC. The van der Waals surface area contributed by atoms with Crippen molar-refractivity contribution in [2.75, 3.05) is 39.7 Å². The Morgan fingerprint density at radius 2 is 2.28 bits per heavy atom. The van der Waals surface area contributed by atoms with Crippen LogP contribution in [0.5, 0.6) is 0 Å². The fraction of sp³-hybridized carbons (Fsp3) is 0.500. The molecular formula is C12H19N3O3. The predicted molar refractivity (Wildman–Crippen MR) is 68.8 cm³/mol. The highest BCUT2D eigenvalue weighted by Gasteiger charge is 2.13. The third kappa shape index (κ3) is 3.97. The van der Waals surface area contributed by atoms with E-state index < -0.39 is 0 Å². The van der Waals surface area contributed by atoms with Crippen LogP contribution in [0.4, 0.5) is 5.69 Å². The predicted octanol–water partition coefficient (Wildman–Crippen LogP) is 0.514. The van der Waals surface area contributed by atoms with Crippen molar-refractivity contribution in [2.24, 2.45) is 0 Å². The molecule has 2 N–H and O–H groups in total. The summed E-state index contributed by atoms with van der Waals surface area (Å²) in [6.07, 6.45) is 3.04. The summed E-state index contributed by atoms with van der Waals surface area (Å²) in [7, 11) is 4.92. The van der Waals surface area contributed by atoms with Crippen LogP contribution in [0.25, 0.3) is 0 Å². The van der Waals surface area contributed by atoms with Crippen LogP contribution in [0.1, 0.15) is 10.4 Å². The normalized spacial score (nSPS) is 11.9. The molecule has 6 heteroatoms. The monoisotopic (exact) mass is 253 g/mol. The number of methoxy groups -OCH3 is 2. The molecule has 0 aliphatic rings. The summed E-state index contributed by atoms with van der Waals surface area (Å²) in [5.74, 6) is -0.167. The van der Waals surface area contributed by atoms with Gasteiger partial charge in [0.1, 0.15) is 0 Å². The van der Waals surface area contributed by atoms with Crippen LogP contribution in [0.3, 0.4) is 0 Å². The summed E-state index contributed by atoms with van der Waals surface area (Å²) in [5.41, 5.74) is 1.25. The molecule has 1 heterocycles. The highest BCUT2D eigenvalue weighted by molar-refractivity contribution is 5.99. The van der Waals surface area contributed by atoms with E-state index in [1.165, 1.54) is 0 Å². The summed E-state index contributed by atoms with van der Waals surface area (Å²) in [4.78, 5) is 15.9. The number of nitrogens with zero attached hydrogens (tertiary/aromatic N) is 1. The summed E-state index contributed by atoms with van der Waals surface area (Å²) in [6, 6.07) is 1.67. The number of aromatic nitrogens is 1. The Labute approximate surface area is 107 Å². The molecule has 0 bridgehead atoms. The topological polar surface area (TPSA) is 72.5 Å². The maximum absolute atomic E-state index is 12.0. The van der Waals surface area contributed by atoms with Gasteiger partial charge in [-0.15, -0.1) is 0 Å². The van der Waals surface area contributed by atoms with Gasteiger partial charge in [0, 0.05) is 34.0 Å². The summed E-state index contributed by atoms with van der Waals surface area (Å²) < 4.78 is 10.1. The lowest BCUT2D eigenvalue weighted by molar-refractivity contribution is 0.0285. The smallest absolute Gasteiger partial charge is 0.253 e. The molecule has 1 unspecified atom stereocenters. The molecule has 0 aliphatic carbocycles. The lowest BCUT2D eigenvalue weighted by Crippen LogP contribution is -2.35. The van der Waals surface area contributed by atoms with E-state index >= 15 is 0 Å². The van der Waals surface area contributed by atoms with Gasteiger partial charge in [0.05, 0.1) is 30.2 Å². The average molecular weight is 253 g/mol. The quantitative estimate of drug-likeness (QED) is 0.741. The second kappa shape index (κ2) is 7.62. The third-order valence-corrected chi connectivity index (χ3v) is 2.51. The van der Waals surface area contributed by atoms with Gasteiger partial charge >= 0.3 is 0 Å². The average Bonchev–Trinajstić information content (AvgIpc) is 2.42. The molecule has 1 aromatic rings. The van der Waals surface area contributed by atoms with Crippen molar-refractivity contribution in [2.45, 2.75) is 6.10 Å². The molecule has 0 saturated heterocycles. The highest BCUT2D eigenvalue weighted by atomic mass is 16.5. The molecule has 100 valence electrons. The molecule has 1 aromatic heterocycles. The molecule has 0 saturated carbocycles. The number of amides is 1. The van der Waals surface area contributed by atoms with E-state index in [0.717, 1.165) is 0 Å². The maximum atomic E-state index is 12.0. The number of anilines is 1. The number of hydrogen-bond donors (Lipinski definition) is 2. The van der Waals surface area contributed by atoms with Crippen LogP contribution >= 0.6 is 0 Å². The van der Waals surface area contributed by atoms with Crippen LogP contribution in [0.2, 0.25) is 0 Å². The first-order chi connectivity index (χ1) is 8.72. The van der Waals surface area contributed by atoms with Gasteiger partial charge in [-0.2, -0.15) is 0 Å². The van der Waals surface area contributed by atoms with Gasteiger partial charge in [-0.25, -0.2) is 0 Å². The van der Waals surface area contributed by atoms with Gasteiger partial charge < -0.3 is 20.1 Å². The minimum Gasteiger partial charge on any atom is -0.386 e. The zero-order valence-electron chi connectivity index (χ0n) is 10.9. The van der Waals surface area contributed by atoms with Crippen LogP contribution in [-0.2, 0) is 9.47 Å². The largest absolute Gasteiger partial charge is 0.386 e. The first kappa shape index (κ1) is 14.4. The first-order valence-electron chi connectivity index (χ1n) is 5.64. The van der Waals surface area contributed by atoms with E-state index in [1.807, 2.05) is 0 Å². The Kier molecular flexibility index (Phi) is 6.10. The minimum absolute atomic E-state index is 0.154. The van der Waals surface area contributed by atoms with E-state index in [2.05, 4.69) is 15.6 Å². The van der Waals surface area contributed by atoms with Gasteiger partial charge in [0.15, 0.2) is 0 Å². The van der Waals surface area contributed by atoms with E-state index in [4.69, 9.17) is 9.47 Å². The van der Waals surface area contributed by atoms with Crippen molar-refractivity contribution in [3.05, 3.63) is 24.0 Å². The van der Waals surface area contributed by atoms with Crippen molar-refractivity contribution in [1.82, 2.24) is 10.3 Å². The Bertz CT molecular complexity index is 385. The number of ether oxygens (including phenoxy) is 2. The van der Waals surface area contributed by atoms with Crippen LogP contribution in [0, 0.1) is 0 Å². The van der Waals surface area contributed by atoms with E-state index in [1.54, 1.807) is 39.7 Å². The molecule has 18 heavy (non-hydrogen) atoms. The maximum Gasteiger partial charge on any atom is 0.253 e. The Hall–Kier alpha value is -1.66. The fourth-order valence-corrected chi connectivity index (χ4v) is 1.49. The molecule has 0 aliphatic heterocycles. The van der Waals surface area contributed by atoms with Crippen LogP contribution < -0.4 is 10.6 Å². The van der Waals surface area contributed by atoms with Gasteiger partial charge in [-0.3, -0.25) is 9.78 Å². The number of pyridine rings is 1. The standard InChI is InChI=1S/C12H19N3O3/c1-13-11-7-14-5-4-10(11)12(16)15-6-9(18-3)8-17-2/h4-5,7,9,13H,6,8H2,1-3H3,(H,15,16). The Morgan fingerprint density at radius 1 is 1.50 bits per heavy atom. The summed E-state index contributed by atoms with van der Waals surface area (Å²) >= 11 is 0. The zero-order valence-corrected chi connectivity index (χ0v) is 10.9. The summed E-state index contributed by atoms with van der Waals surface area (Å²) in [5, 5.41) is 5.72. The van der Waals surface area contributed by atoms with E-state index in [-0.39, 0.29) is 12.0 Å². The van der Waals surface area contributed by atoms with Crippen molar-refractivity contribution in [3.8, 4) is 0 Å². The van der Waals surface area contributed by atoms with Crippen molar-refractivity contribution in [1.29, 1.82) is 0 Å². The van der Waals surface area contributed by atoms with Gasteiger partial charge in [-0.1, -0.05) is 0 Å². The molecule has 0 aromatic carbocycles. The van der Waals surface area contributed by atoms with Crippen molar-refractivity contribution >= 4 is 11.6 Å². The van der Waals surface area contributed by atoms with Crippen molar-refractivity contribution in [3.63, 3.8) is 0 Å². The second-order valence-corrected chi connectivity index (χ2v) is 3.69. The first-order valence-corrected chi connectivity index (χ1v) is 5.64.